The number of aliphatic carboxylic acids is 2. The standard InChI is InChI=1S/C15H26O4/c1-3-5-7-8-9-11-13(15(18)19)12(14(16)17)10-6-4-2/h3-11H2,1-2H3,(H,16,17)(H,18,19). The van der Waals surface area contributed by atoms with Gasteiger partial charge in [0.25, 0.3) is 0 Å². The van der Waals surface area contributed by atoms with Crippen molar-refractivity contribution in [3.05, 3.63) is 11.1 Å². The molecular formula is C15H26O4. The predicted molar refractivity (Wildman–Crippen MR) is 75.2 cm³/mol. The van der Waals surface area contributed by atoms with Crippen molar-refractivity contribution in [1.29, 1.82) is 0 Å². The molecule has 0 aromatic heterocycles. The number of carboxylic acids is 2. The van der Waals surface area contributed by atoms with Crippen LogP contribution in [-0.4, -0.2) is 22.2 Å². The molecule has 0 amide bonds. The Morgan fingerprint density at radius 2 is 1.11 bits per heavy atom. The molecule has 0 unspecified atom stereocenters. The highest BCUT2D eigenvalue weighted by molar-refractivity contribution is 5.98. The van der Waals surface area contributed by atoms with E-state index in [1.54, 1.807) is 0 Å². The van der Waals surface area contributed by atoms with Crippen molar-refractivity contribution in [2.24, 2.45) is 0 Å². The van der Waals surface area contributed by atoms with Crippen molar-refractivity contribution >= 4 is 11.9 Å². The maximum Gasteiger partial charge on any atom is 0.332 e. The Balaban J connectivity index is 4.62. The normalized spacial score (nSPS) is 12.1. The summed E-state index contributed by atoms with van der Waals surface area (Å²) in [5.74, 6) is -2.16. The highest BCUT2D eigenvalue weighted by Gasteiger charge is 2.19. The Labute approximate surface area is 115 Å². The minimum atomic E-state index is -1.08. The SMILES string of the molecule is CCCCCCCC(C(=O)O)=C(CCCC)C(=O)O. The Hall–Kier alpha value is -1.32. The summed E-state index contributed by atoms with van der Waals surface area (Å²) in [5, 5.41) is 18.3. The topological polar surface area (TPSA) is 74.6 Å². The van der Waals surface area contributed by atoms with Gasteiger partial charge in [0.1, 0.15) is 0 Å². The number of hydrogen-bond acceptors (Lipinski definition) is 2. The molecule has 0 aromatic rings. The van der Waals surface area contributed by atoms with Crippen molar-refractivity contribution in [3.8, 4) is 0 Å². The van der Waals surface area contributed by atoms with Crippen LogP contribution in [0.25, 0.3) is 0 Å². The third-order valence-corrected chi connectivity index (χ3v) is 3.19. The van der Waals surface area contributed by atoms with Gasteiger partial charge in [0, 0.05) is 11.1 Å². The molecule has 0 rings (SSSR count). The van der Waals surface area contributed by atoms with E-state index in [1.165, 1.54) is 0 Å². The van der Waals surface area contributed by atoms with E-state index in [2.05, 4.69) is 6.92 Å². The van der Waals surface area contributed by atoms with E-state index in [4.69, 9.17) is 5.11 Å². The van der Waals surface area contributed by atoms with E-state index in [-0.39, 0.29) is 11.1 Å². The lowest BCUT2D eigenvalue weighted by atomic mass is 9.97. The molecule has 0 saturated heterocycles. The van der Waals surface area contributed by atoms with E-state index in [0.29, 0.717) is 19.3 Å². The van der Waals surface area contributed by atoms with E-state index in [0.717, 1.165) is 38.5 Å². The Morgan fingerprint density at radius 3 is 1.53 bits per heavy atom. The largest absolute Gasteiger partial charge is 0.478 e. The summed E-state index contributed by atoms with van der Waals surface area (Å²) >= 11 is 0. The lowest BCUT2D eigenvalue weighted by molar-refractivity contribution is -0.136. The highest BCUT2D eigenvalue weighted by atomic mass is 16.4. The van der Waals surface area contributed by atoms with Crippen LogP contribution in [0.3, 0.4) is 0 Å². The summed E-state index contributed by atoms with van der Waals surface area (Å²) in [4.78, 5) is 22.4. The zero-order valence-electron chi connectivity index (χ0n) is 12.1. The van der Waals surface area contributed by atoms with Gasteiger partial charge in [0.15, 0.2) is 0 Å². The van der Waals surface area contributed by atoms with Crippen LogP contribution in [0.4, 0.5) is 0 Å². The molecule has 4 nitrogen and oxygen atoms in total. The van der Waals surface area contributed by atoms with Gasteiger partial charge in [0.05, 0.1) is 0 Å². The molecule has 19 heavy (non-hydrogen) atoms. The average molecular weight is 270 g/mol. The molecule has 4 heteroatoms. The Morgan fingerprint density at radius 1 is 0.684 bits per heavy atom. The fourth-order valence-corrected chi connectivity index (χ4v) is 2.03. The molecule has 0 aliphatic carbocycles. The summed E-state index contributed by atoms with van der Waals surface area (Å²) in [6.45, 7) is 4.08. The van der Waals surface area contributed by atoms with Gasteiger partial charge in [-0.05, 0) is 25.7 Å². The number of carbonyl (C=O) groups is 2. The first-order valence-corrected chi connectivity index (χ1v) is 7.23. The van der Waals surface area contributed by atoms with E-state index in [9.17, 15) is 14.7 Å². The van der Waals surface area contributed by atoms with Crippen LogP contribution in [-0.2, 0) is 9.59 Å². The van der Waals surface area contributed by atoms with Crippen molar-refractivity contribution in [2.45, 2.75) is 71.6 Å². The minimum Gasteiger partial charge on any atom is -0.478 e. The summed E-state index contributed by atoms with van der Waals surface area (Å²) in [7, 11) is 0. The van der Waals surface area contributed by atoms with Gasteiger partial charge in [-0.2, -0.15) is 0 Å². The first-order chi connectivity index (χ1) is 9.04. The van der Waals surface area contributed by atoms with Gasteiger partial charge in [-0.3, -0.25) is 0 Å². The van der Waals surface area contributed by atoms with Crippen molar-refractivity contribution < 1.29 is 19.8 Å². The molecule has 0 fully saturated rings. The predicted octanol–water partition coefficient (Wildman–Crippen LogP) is 4.00. The third kappa shape index (κ3) is 7.65. The van der Waals surface area contributed by atoms with Crippen molar-refractivity contribution in [1.82, 2.24) is 0 Å². The zero-order chi connectivity index (χ0) is 14.7. The molecule has 110 valence electrons. The van der Waals surface area contributed by atoms with E-state index in [1.807, 2.05) is 6.92 Å². The molecule has 0 saturated carbocycles. The quantitative estimate of drug-likeness (QED) is 0.439. The van der Waals surface area contributed by atoms with Crippen LogP contribution >= 0.6 is 0 Å². The minimum absolute atomic E-state index is 0.0878. The monoisotopic (exact) mass is 270 g/mol. The lowest BCUT2D eigenvalue weighted by Gasteiger charge is -2.08. The van der Waals surface area contributed by atoms with Gasteiger partial charge in [-0.15, -0.1) is 0 Å². The molecule has 0 atom stereocenters. The fourth-order valence-electron chi connectivity index (χ4n) is 2.03. The number of hydrogen-bond donors (Lipinski definition) is 2. The summed E-state index contributed by atoms with van der Waals surface area (Å²) in [6.07, 6.45) is 7.38. The van der Waals surface area contributed by atoms with Crippen LogP contribution in [0.2, 0.25) is 0 Å². The summed E-state index contributed by atoms with van der Waals surface area (Å²) in [5.41, 5.74) is 0.183. The fraction of sp³-hybridized carbons (Fsp3) is 0.733. The van der Waals surface area contributed by atoms with Gasteiger partial charge >= 0.3 is 11.9 Å². The molecule has 0 spiro atoms. The van der Waals surface area contributed by atoms with Crippen LogP contribution in [0, 0.1) is 0 Å². The van der Waals surface area contributed by atoms with E-state index < -0.39 is 11.9 Å². The second kappa shape index (κ2) is 10.6. The second-order valence-electron chi connectivity index (χ2n) is 4.84. The number of unbranched alkanes of at least 4 members (excludes halogenated alkanes) is 5. The molecule has 0 bridgehead atoms. The van der Waals surface area contributed by atoms with Gasteiger partial charge < -0.3 is 10.2 Å². The van der Waals surface area contributed by atoms with Crippen LogP contribution in [0.1, 0.15) is 71.6 Å². The zero-order valence-corrected chi connectivity index (χ0v) is 12.1. The summed E-state index contributed by atoms with van der Waals surface area (Å²) in [6, 6.07) is 0. The van der Waals surface area contributed by atoms with Gasteiger partial charge in [-0.1, -0.05) is 46.0 Å². The second-order valence-corrected chi connectivity index (χ2v) is 4.84. The van der Waals surface area contributed by atoms with E-state index >= 15 is 0 Å². The van der Waals surface area contributed by atoms with Crippen molar-refractivity contribution in [3.63, 3.8) is 0 Å². The van der Waals surface area contributed by atoms with Crippen molar-refractivity contribution in [2.75, 3.05) is 0 Å². The third-order valence-electron chi connectivity index (χ3n) is 3.19. The van der Waals surface area contributed by atoms with Gasteiger partial charge in [0.2, 0.25) is 0 Å². The number of carboxylic acid groups (broad SMARTS) is 2. The molecule has 0 aliphatic heterocycles. The molecule has 2 N–H and O–H groups in total. The molecule has 0 aliphatic rings. The van der Waals surface area contributed by atoms with Gasteiger partial charge in [-0.25, -0.2) is 9.59 Å². The van der Waals surface area contributed by atoms with Crippen LogP contribution < -0.4 is 0 Å². The smallest absolute Gasteiger partial charge is 0.332 e. The Kier molecular flexibility index (Phi) is 9.85. The molecule has 0 radical (unpaired) electrons. The highest BCUT2D eigenvalue weighted by Crippen LogP contribution is 2.19. The number of rotatable bonds is 11. The van der Waals surface area contributed by atoms with Crippen LogP contribution in [0.5, 0.6) is 0 Å². The Bertz CT molecular complexity index is 318. The maximum absolute atomic E-state index is 11.2. The first kappa shape index (κ1) is 17.7. The first-order valence-electron chi connectivity index (χ1n) is 7.23. The van der Waals surface area contributed by atoms with Crippen LogP contribution in [0.15, 0.2) is 11.1 Å². The molecular weight excluding hydrogens is 244 g/mol. The maximum atomic E-state index is 11.2. The molecule has 0 aromatic carbocycles. The average Bonchev–Trinajstić information content (AvgIpc) is 2.35. The molecule has 0 heterocycles. The lowest BCUT2D eigenvalue weighted by Crippen LogP contribution is -2.12. The summed E-state index contributed by atoms with van der Waals surface area (Å²) < 4.78 is 0.